The normalized spacial score (nSPS) is 21.3. The minimum absolute atomic E-state index is 0.331. The molecule has 0 aliphatic carbocycles. The molecule has 0 unspecified atom stereocenters. The van der Waals surface area contributed by atoms with Crippen LogP contribution in [0.3, 0.4) is 0 Å². The first-order chi connectivity index (χ1) is 12.2. The average Bonchev–Trinajstić information content (AvgIpc) is 2.67. The lowest BCUT2D eigenvalue weighted by Crippen LogP contribution is -2.52. The Labute approximate surface area is 151 Å². The van der Waals surface area contributed by atoms with Crippen LogP contribution in [0.2, 0.25) is 0 Å². The van der Waals surface area contributed by atoms with E-state index in [2.05, 4.69) is 41.4 Å². The van der Waals surface area contributed by atoms with Crippen LogP contribution in [0.4, 0.5) is 0 Å². The van der Waals surface area contributed by atoms with Crippen molar-refractivity contribution in [1.82, 2.24) is 10.2 Å². The molecule has 1 aromatic carbocycles. The van der Waals surface area contributed by atoms with Crippen molar-refractivity contribution in [1.29, 1.82) is 0 Å². The lowest BCUT2D eigenvalue weighted by Gasteiger charge is -2.43. The fourth-order valence-corrected chi connectivity index (χ4v) is 4.50. The van der Waals surface area contributed by atoms with Crippen LogP contribution in [0.25, 0.3) is 0 Å². The summed E-state index contributed by atoms with van der Waals surface area (Å²) in [5.74, 6) is 1.08. The number of hydrogen-bond acceptors (Lipinski definition) is 3. The smallest absolute Gasteiger partial charge is 0.233 e. The van der Waals surface area contributed by atoms with Crippen molar-refractivity contribution in [3.8, 4) is 0 Å². The predicted octanol–water partition coefficient (Wildman–Crippen LogP) is 2.89. The summed E-state index contributed by atoms with van der Waals surface area (Å²) in [6.45, 7) is 6.37. The first kappa shape index (κ1) is 18.4. The highest BCUT2D eigenvalue weighted by Crippen LogP contribution is 2.39. The first-order valence-electron chi connectivity index (χ1n) is 9.75. The molecule has 2 aliphatic rings. The van der Waals surface area contributed by atoms with Gasteiger partial charge in [0.1, 0.15) is 0 Å². The zero-order valence-corrected chi connectivity index (χ0v) is 15.7. The summed E-state index contributed by atoms with van der Waals surface area (Å²) < 4.78 is 5.61. The van der Waals surface area contributed by atoms with Crippen molar-refractivity contribution < 1.29 is 9.53 Å². The van der Waals surface area contributed by atoms with Crippen LogP contribution in [-0.4, -0.2) is 50.7 Å². The Balaban J connectivity index is 1.76. The van der Waals surface area contributed by atoms with Crippen molar-refractivity contribution in [3.63, 3.8) is 0 Å². The maximum atomic E-state index is 13.6. The van der Waals surface area contributed by atoms with Gasteiger partial charge in [-0.3, -0.25) is 4.79 Å². The standard InChI is InChI=1S/C21H32N2O2/c1-17-5-3-4-6-19(17)21(10-15-25-16-11-21)20(24)23-13-8-18(9-14-23)7-12-22-2/h3-6,18,22H,7-16H2,1-2H3. The Bertz CT molecular complexity index is 573. The molecule has 2 aliphatic heterocycles. The van der Waals surface area contributed by atoms with E-state index in [9.17, 15) is 4.79 Å². The average molecular weight is 344 g/mol. The van der Waals surface area contributed by atoms with Crippen molar-refractivity contribution in [3.05, 3.63) is 35.4 Å². The monoisotopic (exact) mass is 344 g/mol. The van der Waals surface area contributed by atoms with Gasteiger partial charge in [0.25, 0.3) is 0 Å². The molecule has 0 bridgehead atoms. The van der Waals surface area contributed by atoms with E-state index in [4.69, 9.17) is 4.74 Å². The fourth-order valence-electron chi connectivity index (χ4n) is 4.50. The van der Waals surface area contributed by atoms with E-state index < -0.39 is 0 Å². The summed E-state index contributed by atoms with van der Waals surface area (Å²) in [7, 11) is 2.01. The largest absolute Gasteiger partial charge is 0.381 e. The first-order valence-corrected chi connectivity index (χ1v) is 9.75. The van der Waals surface area contributed by atoms with Crippen molar-refractivity contribution in [2.24, 2.45) is 5.92 Å². The second-order valence-electron chi connectivity index (χ2n) is 7.64. The number of piperidine rings is 1. The fraction of sp³-hybridized carbons (Fsp3) is 0.667. The van der Waals surface area contributed by atoms with Crippen molar-refractivity contribution in [2.75, 3.05) is 39.9 Å². The topological polar surface area (TPSA) is 41.6 Å². The molecule has 0 aromatic heterocycles. The number of carbonyl (C=O) groups excluding carboxylic acids is 1. The van der Waals surface area contributed by atoms with Gasteiger partial charge in [0, 0.05) is 26.3 Å². The number of amides is 1. The van der Waals surface area contributed by atoms with Crippen LogP contribution < -0.4 is 5.32 Å². The molecule has 4 nitrogen and oxygen atoms in total. The zero-order chi connectivity index (χ0) is 17.7. The molecule has 2 saturated heterocycles. The molecular formula is C21H32N2O2. The number of hydrogen-bond donors (Lipinski definition) is 1. The minimum Gasteiger partial charge on any atom is -0.381 e. The van der Waals surface area contributed by atoms with E-state index in [1.165, 1.54) is 17.5 Å². The lowest BCUT2D eigenvalue weighted by atomic mass is 9.71. The van der Waals surface area contributed by atoms with Crippen LogP contribution in [-0.2, 0) is 14.9 Å². The van der Waals surface area contributed by atoms with Crippen molar-refractivity contribution in [2.45, 2.75) is 44.4 Å². The molecule has 2 heterocycles. The third-order valence-corrected chi connectivity index (χ3v) is 6.12. The van der Waals surface area contributed by atoms with Gasteiger partial charge in [-0.2, -0.15) is 0 Å². The molecule has 3 rings (SSSR count). The van der Waals surface area contributed by atoms with Crippen LogP contribution in [0.5, 0.6) is 0 Å². The molecule has 138 valence electrons. The number of likely N-dealkylation sites (tertiary alicyclic amines) is 1. The number of nitrogens with one attached hydrogen (secondary N) is 1. The molecule has 25 heavy (non-hydrogen) atoms. The molecule has 1 amide bonds. The molecular weight excluding hydrogens is 312 g/mol. The maximum absolute atomic E-state index is 13.6. The Morgan fingerprint density at radius 1 is 1.24 bits per heavy atom. The number of ether oxygens (including phenoxy) is 1. The van der Waals surface area contributed by atoms with Crippen LogP contribution in [0.1, 0.15) is 43.2 Å². The second kappa shape index (κ2) is 8.33. The number of carbonyl (C=O) groups is 1. The third kappa shape index (κ3) is 3.90. The van der Waals surface area contributed by atoms with E-state index in [1.54, 1.807) is 0 Å². The van der Waals surface area contributed by atoms with E-state index in [-0.39, 0.29) is 5.41 Å². The Morgan fingerprint density at radius 2 is 1.92 bits per heavy atom. The molecule has 0 radical (unpaired) electrons. The summed E-state index contributed by atoms with van der Waals surface area (Å²) in [5.41, 5.74) is 2.05. The van der Waals surface area contributed by atoms with Crippen LogP contribution in [0.15, 0.2) is 24.3 Å². The number of nitrogens with zero attached hydrogens (tertiary/aromatic N) is 1. The Morgan fingerprint density at radius 3 is 2.56 bits per heavy atom. The third-order valence-electron chi connectivity index (χ3n) is 6.12. The van der Waals surface area contributed by atoms with Gasteiger partial charge in [-0.05, 0) is 69.7 Å². The quantitative estimate of drug-likeness (QED) is 0.893. The second-order valence-corrected chi connectivity index (χ2v) is 7.64. The number of aryl methyl sites for hydroxylation is 1. The summed E-state index contributed by atoms with van der Waals surface area (Å²) in [6.07, 6.45) is 5.09. The summed E-state index contributed by atoms with van der Waals surface area (Å²) in [4.78, 5) is 15.7. The Kier molecular flexibility index (Phi) is 6.13. The molecule has 1 aromatic rings. The Hall–Kier alpha value is -1.39. The van der Waals surface area contributed by atoms with Gasteiger partial charge >= 0.3 is 0 Å². The predicted molar refractivity (Wildman–Crippen MR) is 101 cm³/mol. The summed E-state index contributed by atoms with van der Waals surface area (Å²) in [6, 6.07) is 8.41. The van der Waals surface area contributed by atoms with Gasteiger partial charge in [0.05, 0.1) is 5.41 Å². The molecule has 2 fully saturated rings. The highest BCUT2D eigenvalue weighted by molar-refractivity contribution is 5.89. The van der Waals surface area contributed by atoms with E-state index in [1.807, 2.05) is 7.05 Å². The number of benzene rings is 1. The van der Waals surface area contributed by atoms with Gasteiger partial charge < -0.3 is 15.0 Å². The molecule has 0 saturated carbocycles. The van der Waals surface area contributed by atoms with Crippen LogP contribution in [0, 0.1) is 12.8 Å². The highest BCUT2D eigenvalue weighted by Gasteiger charge is 2.45. The lowest BCUT2D eigenvalue weighted by molar-refractivity contribution is -0.142. The molecule has 1 N–H and O–H groups in total. The van der Waals surface area contributed by atoms with Gasteiger partial charge in [-0.25, -0.2) is 0 Å². The highest BCUT2D eigenvalue weighted by atomic mass is 16.5. The SMILES string of the molecule is CNCCC1CCN(C(=O)C2(c3ccccc3C)CCOCC2)CC1. The summed E-state index contributed by atoms with van der Waals surface area (Å²) in [5, 5.41) is 3.24. The van der Waals surface area contributed by atoms with Gasteiger partial charge in [-0.1, -0.05) is 24.3 Å². The minimum atomic E-state index is -0.387. The molecule has 4 heteroatoms. The van der Waals surface area contributed by atoms with Gasteiger partial charge in [-0.15, -0.1) is 0 Å². The van der Waals surface area contributed by atoms with E-state index in [0.29, 0.717) is 19.1 Å². The van der Waals surface area contributed by atoms with Crippen molar-refractivity contribution >= 4 is 5.91 Å². The van der Waals surface area contributed by atoms with Gasteiger partial charge in [0.2, 0.25) is 5.91 Å². The zero-order valence-electron chi connectivity index (χ0n) is 15.7. The molecule has 0 spiro atoms. The van der Waals surface area contributed by atoms with Gasteiger partial charge in [0.15, 0.2) is 0 Å². The molecule has 0 atom stereocenters. The van der Waals surface area contributed by atoms with Crippen LogP contribution >= 0.6 is 0 Å². The van der Waals surface area contributed by atoms with E-state index >= 15 is 0 Å². The number of rotatable bonds is 5. The maximum Gasteiger partial charge on any atom is 0.233 e. The van der Waals surface area contributed by atoms with E-state index in [0.717, 1.165) is 51.2 Å². The summed E-state index contributed by atoms with van der Waals surface area (Å²) >= 11 is 0.